The zero-order valence-corrected chi connectivity index (χ0v) is 26.3. The number of allylic oxidation sites excluding steroid dienone is 2. The molecule has 6 N–H and O–H groups in total. The minimum absolute atomic E-state index is 0.0583. The molecule has 0 rings (SSSR count). The van der Waals surface area contributed by atoms with Gasteiger partial charge in [-0.1, -0.05) is 103 Å². The molecule has 0 bridgehead atoms. The molecule has 0 aliphatic heterocycles. The number of carbonyl (C=O) groups excluding carboxylic acids is 1. The first-order valence-corrected chi connectivity index (χ1v) is 17.4. The third-order valence-corrected chi connectivity index (χ3v) is 7.91. The largest absolute Gasteiger partial charge is 0.472 e. The minimum Gasteiger partial charge on any atom is -0.393 e. The zero-order valence-electron chi connectivity index (χ0n) is 25.4. The van der Waals surface area contributed by atoms with Gasteiger partial charge in [0, 0.05) is 6.54 Å². The third kappa shape index (κ3) is 25.0. The number of rotatable bonds is 29. The fourth-order valence-corrected chi connectivity index (χ4v) is 5.23. The van der Waals surface area contributed by atoms with Crippen molar-refractivity contribution >= 4 is 13.7 Å². The molecule has 238 valence electrons. The van der Waals surface area contributed by atoms with Gasteiger partial charge in [0.2, 0.25) is 5.91 Å². The number of phosphoric ester groups is 1. The SMILES string of the molecule is CCCCC/C=C\CCCCCC(O)CC(=O)NC(COP(=O)(O)OCCN)C(O)CCCCCCCCCC. The van der Waals surface area contributed by atoms with Gasteiger partial charge >= 0.3 is 7.82 Å². The lowest BCUT2D eigenvalue weighted by atomic mass is 10.0. The molecule has 4 unspecified atom stereocenters. The van der Waals surface area contributed by atoms with Crippen LogP contribution in [0.15, 0.2) is 12.2 Å². The fraction of sp³-hybridized carbons (Fsp3) is 0.900. The van der Waals surface area contributed by atoms with E-state index in [9.17, 15) is 24.5 Å². The average Bonchev–Trinajstić information content (AvgIpc) is 2.92. The van der Waals surface area contributed by atoms with E-state index >= 15 is 0 Å². The highest BCUT2D eigenvalue weighted by Crippen LogP contribution is 2.43. The van der Waals surface area contributed by atoms with Crippen LogP contribution < -0.4 is 11.1 Å². The smallest absolute Gasteiger partial charge is 0.393 e. The second kappa shape index (κ2) is 27.1. The minimum atomic E-state index is -4.35. The van der Waals surface area contributed by atoms with Crippen LogP contribution in [-0.2, 0) is 18.4 Å². The molecule has 1 amide bonds. The number of nitrogens with one attached hydrogen (secondary N) is 1. The van der Waals surface area contributed by atoms with Crippen molar-refractivity contribution in [2.75, 3.05) is 19.8 Å². The van der Waals surface area contributed by atoms with Crippen molar-refractivity contribution in [1.82, 2.24) is 5.32 Å². The molecule has 10 heteroatoms. The van der Waals surface area contributed by atoms with Crippen LogP contribution in [0, 0.1) is 0 Å². The maximum atomic E-state index is 12.6. The van der Waals surface area contributed by atoms with Crippen LogP contribution in [0.3, 0.4) is 0 Å². The predicted octanol–water partition coefficient (Wildman–Crippen LogP) is 6.29. The molecule has 4 atom stereocenters. The molecule has 0 spiro atoms. The molecule has 0 heterocycles. The quantitative estimate of drug-likeness (QED) is 0.0386. The van der Waals surface area contributed by atoms with Crippen LogP contribution in [0.2, 0.25) is 0 Å². The van der Waals surface area contributed by atoms with E-state index in [0.717, 1.165) is 51.4 Å². The number of nitrogens with two attached hydrogens (primary N) is 1. The van der Waals surface area contributed by atoms with Gasteiger partial charge in [-0.15, -0.1) is 0 Å². The first-order chi connectivity index (χ1) is 19.3. The van der Waals surface area contributed by atoms with E-state index in [4.69, 9.17) is 14.8 Å². The highest BCUT2D eigenvalue weighted by atomic mass is 31.2. The topological polar surface area (TPSA) is 151 Å². The second-order valence-corrected chi connectivity index (χ2v) is 12.3. The zero-order chi connectivity index (χ0) is 29.9. The van der Waals surface area contributed by atoms with Gasteiger partial charge in [0.05, 0.1) is 37.9 Å². The van der Waals surface area contributed by atoms with Gasteiger partial charge in [0.25, 0.3) is 0 Å². The van der Waals surface area contributed by atoms with Gasteiger partial charge in [-0.2, -0.15) is 0 Å². The van der Waals surface area contributed by atoms with Crippen molar-refractivity contribution in [3.63, 3.8) is 0 Å². The molecule has 0 saturated heterocycles. The second-order valence-electron chi connectivity index (χ2n) is 10.9. The van der Waals surface area contributed by atoms with Crippen molar-refractivity contribution in [3.8, 4) is 0 Å². The van der Waals surface area contributed by atoms with E-state index in [1.54, 1.807) is 0 Å². The number of hydrogen-bond acceptors (Lipinski definition) is 7. The molecular formula is C30H61N2O7P. The first kappa shape index (κ1) is 39.2. The summed E-state index contributed by atoms with van der Waals surface area (Å²) in [6.07, 6.45) is 21.3. The Morgan fingerprint density at radius 1 is 0.825 bits per heavy atom. The van der Waals surface area contributed by atoms with E-state index in [1.807, 2.05) is 0 Å². The van der Waals surface area contributed by atoms with E-state index in [1.165, 1.54) is 51.4 Å². The molecule has 40 heavy (non-hydrogen) atoms. The molecule has 0 aliphatic carbocycles. The van der Waals surface area contributed by atoms with Gasteiger partial charge in [0.15, 0.2) is 0 Å². The number of hydrogen-bond donors (Lipinski definition) is 5. The Morgan fingerprint density at radius 2 is 1.35 bits per heavy atom. The lowest BCUT2D eigenvalue weighted by Crippen LogP contribution is -2.47. The van der Waals surface area contributed by atoms with Crippen LogP contribution in [0.1, 0.15) is 136 Å². The summed E-state index contributed by atoms with van der Waals surface area (Å²) in [5.74, 6) is -0.429. The Morgan fingerprint density at radius 3 is 1.98 bits per heavy atom. The fourth-order valence-electron chi connectivity index (χ4n) is 4.47. The summed E-state index contributed by atoms with van der Waals surface area (Å²) in [6.45, 7) is 3.92. The summed E-state index contributed by atoms with van der Waals surface area (Å²) in [4.78, 5) is 22.5. The van der Waals surface area contributed by atoms with Crippen LogP contribution in [-0.4, -0.2) is 59.0 Å². The molecule has 0 radical (unpaired) electrons. The summed E-state index contributed by atoms with van der Waals surface area (Å²) in [5.41, 5.74) is 5.31. The molecule has 0 aromatic carbocycles. The Hall–Kier alpha value is -0.800. The summed E-state index contributed by atoms with van der Waals surface area (Å²) in [7, 11) is -4.35. The molecule has 0 aromatic rings. The number of phosphoric acid groups is 1. The third-order valence-electron chi connectivity index (χ3n) is 6.92. The maximum Gasteiger partial charge on any atom is 0.472 e. The van der Waals surface area contributed by atoms with E-state index in [2.05, 4.69) is 31.3 Å². The van der Waals surface area contributed by atoms with Gasteiger partial charge in [-0.05, 0) is 38.5 Å². The van der Waals surface area contributed by atoms with Gasteiger partial charge in [-0.3, -0.25) is 13.8 Å². The Bertz CT molecular complexity index is 666. The highest BCUT2D eigenvalue weighted by Gasteiger charge is 2.28. The molecule has 0 fully saturated rings. The average molecular weight is 593 g/mol. The standard InChI is InChI=1S/C30H61N2O7P/c1-3-5-7-9-11-13-14-15-17-19-21-27(33)25-30(35)32-28(26-39-40(36,37)38-24-23-31)29(34)22-20-18-16-12-10-8-6-4-2/h11,13,27-29,33-34H,3-10,12,14-26,31H2,1-2H3,(H,32,35)(H,36,37)/b13-11-. The summed E-state index contributed by atoms with van der Waals surface area (Å²) in [6, 6.07) is -0.893. The first-order valence-electron chi connectivity index (χ1n) is 15.9. The number of aliphatic hydroxyl groups is 2. The summed E-state index contributed by atoms with van der Waals surface area (Å²) in [5, 5.41) is 23.8. The van der Waals surface area contributed by atoms with E-state index in [-0.39, 0.29) is 26.2 Å². The monoisotopic (exact) mass is 592 g/mol. The van der Waals surface area contributed by atoms with Crippen LogP contribution in [0.4, 0.5) is 0 Å². The lowest BCUT2D eigenvalue weighted by molar-refractivity contribution is -0.125. The number of carbonyl (C=O) groups is 1. The van der Waals surface area contributed by atoms with Crippen molar-refractivity contribution in [2.45, 2.75) is 154 Å². The van der Waals surface area contributed by atoms with Crippen LogP contribution in [0.25, 0.3) is 0 Å². The van der Waals surface area contributed by atoms with Gasteiger partial charge in [-0.25, -0.2) is 4.57 Å². The molecule has 0 saturated carbocycles. The Balaban J connectivity index is 4.51. The maximum absolute atomic E-state index is 12.6. The molecular weight excluding hydrogens is 531 g/mol. The van der Waals surface area contributed by atoms with E-state index in [0.29, 0.717) is 12.8 Å². The van der Waals surface area contributed by atoms with Crippen molar-refractivity contribution < 1.29 is 33.5 Å². The predicted molar refractivity (Wildman–Crippen MR) is 163 cm³/mol. The van der Waals surface area contributed by atoms with Crippen molar-refractivity contribution in [2.24, 2.45) is 5.73 Å². The van der Waals surface area contributed by atoms with Crippen molar-refractivity contribution in [1.29, 1.82) is 0 Å². The van der Waals surface area contributed by atoms with Crippen LogP contribution in [0.5, 0.6) is 0 Å². The molecule has 0 aromatic heterocycles. The normalized spacial score (nSPS) is 15.7. The van der Waals surface area contributed by atoms with Crippen LogP contribution >= 0.6 is 7.82 Å². The molecule has 9 nitrogen and oxygen atoms in total. The summed E-state index contributed by atoms with van der Waals surface area (Å²) >= 11 is 0. The number of aliphatic hydroxyl groups excluding tert-OH is 2. The van der Waals surface area contributed by atoms with E-state index < -0.39 is 32.0 Å². The molecule has 0 aliphatic rings. The van der Waals surface area contributed by atoms with Gasteiger partial charge in [0.1, 0.15) is 0 Å². The summed E-state index contributed by atoms with van der Waals surface area (Å²) < 4.78 is 21.9. The van der Waals surface area contributed by atoms with Crippen molar-refractivity contribution in [3.05, 3.63) is 12.2 Å². The van der Waals surface area contributed by atoms with Gasteiger partial charge < -0.3 is 26.2 Å². The highest BCUT2D eigenvalue weighted by molar-refractivity contribution is 7.47. The Labute approximate surface area is 244 Å². The Kier molecular flexibility index (Phi) is 26.5. The number of unbranched alkanes of at least 4 members (excludes halogenated alkanes) is 13. The number of amides is 1. The lowest BCUT2D eigenvalue weighted by Gasteiger charge is -2.25.